The lowest BCUT2D eigenvalue weighted by Crippen LogP contribution is -2.16. The lowest BCUT2D eigenvalue weighted by molar-refractivity contribution is 0.280. The molecule has 14 heavy (non-hydrogen) atoms. The zero-order chi connectivity index (χ0) is 10.8. The molecule has 0 aliphatic heterocycles. The molecule has 1 aromatic heterocycles. The molecule has 0 aromatic carbocycles. The highest BCUT2D eigenvalue weighted by molar-refractivity contribution is 5.23. The highest BCUT2D eigenvalue weighted by atomic mass is 15.3. The third kappa shape index (κ3) is 3.81. The van der Waals surface area contributed by atoms with Gasteiger partial charge in [0, 0.05) is 12.7 Å². The minimum atomic E-state index is 0.387. The Balaban J connectivity index is 2.45. The van der Waals surface area contributed by atoms with Crippen molar-refractivity contribution in [2.24, 2.45) is 11.3 Å². The molecule has 0 saturated heterocycles. The van der Waals surface area contributed by atoms with Crippen LogP contribution in [0.3, 0.4) is 0 Å². The van der Waals surface area contributed by atoms with Crippen LogP contribution in [0.5, 0.6) is 0 Å². The topological polar surface area (TPSA) is 43.8 Å². The lowest BCUT2D eigenvalue weighted by atomic mass is 9.85. The summed E-state index contributed by atoms with van der Waals surface area (Å²) in [6.07, 6.45) is 3.14. The maximum absolute atomic E-state index is 5.55. The van der Waals surface area contributed by atoms with Gasteiger partial charge < -0.3 is 5.73 Å². The van der Waals surface area contributed by atoms with Crippen LogP contribution in [-0.2, 0) is 6.54 Å². The van der Waals surface area contributed by atoms with Crippen molar-refractivity contribution >= 4 is 5.82 Å². The van der Waals surface area contributed by atoms with E-state index < -0.39 is 0 Å². The molecule has 0 spiro atoms. The molecule has 3 nitrogen and oxygen atoms in total. The van der Waals surface area contributed by atoms with Crippen LogP contribution in [0.25, 0.3) is 0 Å². The molecule has 0 aliphatic carbocycles. The van der Waals surface area contributed by atoms with E-state index in [2.05, 4.69) is 32.8 Å². The van der Waals surface area contributed by atoms with Crippen molar-refractivity contribution in [1.82, 2.24) is 9.78 Å². The predicted molar refractivity (Wildman–Crippen MR) is 59.9 cm³/mol. The van der Waals surface area contributed by atoms with Gasteiger partial charge in [-0.05, 0) is 23.8 Å². The Bertz CT molecular complexity index is 283. The molecule has 0 bridgehead atoms. The van der Waals surface area contributed by atoms with Crippen LogP contribution in [0.4, 0.5) is 5.82 Å². The van der Waals surface area contributed by atoms with Gasteiger partial charge in [0.2, 0.25) is 0 Å². The van der Waals surface area contributed by atoms with E-state index in [0.29, 0.717) is 17.2 Å². The molecule has 2 N–H and O–H groups in total. The molecule has 1 aromatic rings. The van der Waals surface area contributed by atoms with Crippen LogP contribution in [-0.4, -0.2) is 9.78 Å². The number of nitrogens with zero attached hydrogens (tertiary/aromatic N) is 2. The number of aromatic nitrogens is 2. The number of nitrogens with two attached hydrogens (primary N) is 1. The van der Waals surface area contributed by atoms with Gasteiger partial charge in [0.25, 0.3) is 0 Å². The fourth-order valence-corrected chi connectivity index (χ4v) is 1.91. The molecule has 0 fully saturated rings. The molecule has 0 amide bonds. The van der Waals surface area contributed by atoms with Crippen molar-refractivity contribution in [3.8, 4) is 0 Å². The smallest absolute Gasteiger partial charge is 0.145 e. The van der Waals surface area contributed by atoms with E-state index in [1.165, 1.54) is 6.42 Å². The Labute approximate surface area is 86.3 Å². The molecule has 3 heteroatoms. The first-order valence-corrected chi connectivity index (χ1v) is 5.16. The van der Waals surface area contributed by atoms with Crippen LogP contribution in [0.15, 0.2) is 12.3 Å². The van der Waals surface area contributed by atoms with E-state index in [-0.39, 0.29) is 0 Å². The third-order valence-electron chi connectivity index (χ3n) is 2.12. The summed E-state index contributed by atoms with van der Waals surface area (Å²) in [6, 6.07) is 1.84. The van der Waals surface area contributed by atoms with Crippen molar-refractivity contribution in [2.45, 2.75) is 40.7 Å². The van der Waals surface area contributed by atoms with E-state index in [9.17, 15) is 0 Å². The average molecular weight is 195 g/mol. The van der Waals surface area contributed by atoms with Gasteiger partial charge in [-0.2, -0.15) is 5.10 Å². The van der Waals surface area contributed by atoms with Crippen LogP contribution in [0.1, 0.15) is 34.1 Å². The molecular formula is C11H21N3. The average Bonchev–Trinajstić information content (AvgIpc) is 2.30. The zero-order valence-corrected chi connectivity index (χ0v) is 9.62. The van der Waals surface area contributed by atoms with Crippen molar-refractivity contribution in [3.05, 3.63) is 12.3 Å². The number of anilines is 1. The molecule has 1 heterocycles. The number of hydrogen-bond acceptors (Lipinski definition) is 2. The summed E-state index contributed by atoms with van der Waals surface area (Å²) in [6.45, 7) is 10.0. The fraction of sp³-hybridized carbons (Fsp3) is 0.727. The molecule has 1 rings (SSSR count). The Morgan fingerprint density at radius 3 is 2.57 bits per heavy atom. The molecule has 0 saturated carbocycles. The summed E-state index contributed by atoms with van der Waals surface area (Å²) in [4.78, 5) is 0. The number of rotatable bonds is 3. The number of nitrogen functional groups attached to an aromatic ring is 1. The summed E-state index contributed by atoms with van der Waals surface area (Å²) < 4.78 is 1.92. The Hall–Kier alpha value is -0.990. The monoisotopic (exact) mass is 195 g/mol. The molecule has 1 atom stereocenters. The third-order valence-corrected chi connectivity index (χ3v) is 2.12. The first-order chi connectivity index (χ1) is 6.37. The SMILES string of the molecule is CC(Cn1ccc(N)n1)CC(C)(C)C. The minimum Gasteiger partial charge on any atom is -0.382 e. The van der Waals surface area contributed by atoms with E-state index >= 15 is 0 Å². The highest BCUT2D eigenvalue weighted by Crippen LogP contribution is 2.24. The normalized spacial score (nSPS) is 14.3. The summed E-state index contributed by atoms with van der Waals surface area (Å²) in [5, 5.41) is 4.18. The zero-order valence-electron chi connectivity index (χ0n) is 9.62. The highest BCUT2D eigenvalue weighted by Gasteiger charge is 2.15. The molecular weight excluding hydrogens is 174 g/mol. The maximum Gasteiger partial charge on any atom is 0.145 e. The van der Waals surface area contributed by atoms with Crippen LogP contribution in [0, 0.1) is 11.3 Å². The Morgan fingerprint density at radius 2 is 2.14 bits per heavy atom. The molecule has 80 valence electrons. The standard InChI is InChI=1S/C11H21N3/c1-9(7-11(2,3)4)8-14-6-5-10(12)13-14/h5-6,9H,7-8H2,1-4H3,(H2,12,13). The van der Waals surface area contributed by atoms with Crippen LogP contribution in [0.2, 0.25) is 0 Å². The maximum atomic E-state index is 5.55. The van der Waals surface area contributed by atoms with E-state index in [1.54, 1.807) is 0 Å². The predicted octanol–water partition coefficient (Wildman–Crippen LogP) is 2.54. The van der Waals surface area contributed by atoms with Gasteiger partial charge in [-0.15, -0.1) is 0 Å². The van der Waals surface area contributed by atoms with E-state index in [0.717, 1.165) is 6.54 Å². The Morgan fingerprint density at radius 1 is 1.50 bits per heavy atom. The summed E-state index contributed by atoms with van der Waals surface area (Å²) in [5.74, 6) is 1.24. The van der Waals surface area contributed by atoms with Gasteiger partial charge in [-0.25, -0.2) is 0 Å². The second-order valence-electron chi connectivity index (χ2n) is 5.33. The Kier molecular flexibility index (Phi) is 3.19. The minimum absolute atomic E-state index is 0.387. The fourth-order valence-electron chi connectivity index (χ4n) is 1.91. The first-order valence-electron chi connectivity index (χ1n) is 5.16. The van der Waals surface area contributed by atoms with Gasteiger partial charge in [0.15, 0.2) is 0 Å². The van der Waals surface area contributed by atoms with Crippen molar-refractivity contribution in [3.63, 3.8) is 0 Å². The second kappa shape index (κ2) is 4.03. The summed E-state index contributed by atoms with van der Waals surface area (Å²) >= 11 is 0. The lowest BCUT2D eigenvalue weighted by Gasteiger charge is -2.23. The molecule has 1 unspecified atom stereocenters. The van der Waals surface area contributed by atoms with Crippen LogP contribution < -0.4 is 5.73 Å². The number of hydrogen-bond donors (Lipinski definition) is 1. The molecule has 0 radical (unpaired) electrons. The summed E-state index contributed by atoms with van der Waals surface area (Å²) in [5.41, 5.74) is 5.94. The van der Waals surface area contributed by atoms with Gasteiger partial charge in [-0.1, -0.05) is 27.7 Å². The van der Waals surface area contributed by atoms with Gasteiger partial charge >= 0.3 is 0 Å². The second-order valence-corrected chi connectivity index (χ2v) is 5.33. The summed E-state index contributed by atoms with van der Waals surface area (Å²) in [7, 11) is 0. The van der Waals surface area contributed by atoms with Crippen molar-refractivity contribution in [1.29, 1.82) is 0 Å². The quantitative estimate of drug-likeness (QED) is 0.805. The van der Waals surface area contributed by atoms with Crippen LogP contribution >= 0.6 is 0 Å². The first kappa shape index (κ1) is 11.1. The van der Waals surface area contributed by atoms with Gasteiger partial charge in [0.1, 0.15) is 5.82 Å². The largest absolute Gasteiger partial charge is 0.382 e. The van der Waals surface area contributed by atoms with Crippen molar-refractivity contribution < 1.29 is 0 Å². The van der Waals surface area contributed by atoms with Gasteiger partial charge in [0.05, 0.1) is 0 Å². The van der Waals surface area contributed by atoms with Crippen molar-refractivity contribution in [2.75, 3.05) is 5.73 Å². The molecule has 0 aliphatic rings. The van der Waals surface area contributed by atoms with Gasteiger partial charge in [-0.3, -0.25) is 4.68 Å². The van der Waals surface area contributed by atoms with E-state index in [4.69, 9.17) is 5.73 Å². The van der Waals surface area contributed by atoms with E-state index in [1.807, 2.05) is 16.9 Å².